The number of aromatic hydroxyl groups is 1. The number of phenols is 1. The monoisotopic (exact) mass is 229 g/mol. The fourth-order valence-corrected chi connectivity index (χ4v) is 1.92. The first kappa shape index (κ1) is 12.0. The van der Waals surface area contributed by atoms with Gasteiger partial charge in [-0.15, -0.1) is 0 Å². The van der Waals surface area contributed by atoms with Crippen LogP contribution in [0.25, 0.3) is 0 Å². The SMILES string of the molecule is CS(=O)(=O)c1ccc(CCCN)c(O)c1. The summed E-state index contributed by atoms with van der Waals surface area (Å²) in [6, 6.07) is 4.41. The standard InChI is InChI=1S/C10H15NO3S/c1-15(13,14)9-5-4-8(3-2-6-11)10(12)7-9/h4-5,7,12H,2-3,6,11H2,1H3. The number of phenolic OH excluding ortho intramolecular Hbond substituents is 1. The number of hydrogen-bond acceptors (Lipinski definition) is 4. The van der Waals surface area contributed by atoms with Crippen molar-refractivity contribution in [1.82, 2.24) is 0 Å². The summed E-state index contributed by atoms with van der Waals surface area (Å²) in [5.41, 5.74) is 6.08. The van der Waals surface area contributed by atoms with Gasteiger partial charge in [0.1, 0.15) is 5.75 Å². The summed E-state index contributed by atoms with van der Waals surface area (Å²) >= 11 is 0. The molecule has 0 atom stereocenters. The zero-order valence-corrected chi connectivity index (χ0v) is 9.42. The van der Waals surface area contributed by atoms with Crippen LogP contribution in [0.15, 0.2) is 23.1 Å². The van der Waals surface area contributed by atoms with E-state index in [0.717, 1.165) is 18.2 Å². The molecule has 0 aliphatic heterocycles. The van der Waals surface area contributed by atoms with Crippen LogP contribution in [0.1, 0.15) is 12.0 Å². The molecule has 0 heterocycles. The van der Waals surface area contributed by atoms with E-state index >= 15 is 0 Å². The molecule has 3 N–H and O–H groups in total. The van der Waals surface area contributed by atoms with Gasteiger partial charge in [0.25, 0.3) is 0 Å². The molecule has 0 amide bonds. The normalized spacial score (nSPS) is 11.6. The Bertz CT molecular complexity index is 440. The number of hydrogen-bond donors (Lipinski definition) is 2. The van der Waals surface area contributed by atoms with Gasteiger partial charge in [0, 0.05) is 6.26 Å². The highest BCUT2D eigenvalue weighted by molar-refractivity contribution is 7.90. The largest absolute Gasteiger partial charge is 0.508 e. The van der Waals surface area contributed by atoms with Crippen molar-refractivity contribution in [2.45, 2.75) is 17.7 Å². The molecule has 0 aliphatic carbocycles. The van der Waals surface area contributed by atoms with Crippen molar-refractivity contribution in [1.29, 1.82) is 0 Å². The van der Waals surface area contributed by atoms with Crippen LogP contribution in [-0.2, 0) is 16.3 Å². The molecule has 0 radical (unpaired) electrons. The van der Waals surface area contributed by atoms with Crippen molar-refractivity contribution >= 4 is 9.84 Å². The Hall–Kier alpha value is -1.07. The van der Waals surface area contributed by atoms with Crippen LogP contribution in [0, 0.1) is 0 Å². The van der Waals surface area contributed by atoms with Gasteiger partial charge >= 0.3 is 0 Å². The number of rotatable bonds is 4. The maximum Gasteiger partial charge on any atom is 0.175 e. The van der Waals surface area contributed by atoms with Gasteiger partial charge in [0.2, 0.25) is 0 Å². The molecule has 0 saturated heterocycles. The minimum Gasteiger partial charge on any atom is -0.508 e. The Morgan fingerprint density at radius 2 is 2.07 bits per heavy atom. The van der Waals surface area contributed by atoms with E-state index in [9.17, 15) is 13.5 Å². The van der Waals surface area contributed by atoms with Crippen molar-refractivity contribution in [3.8, 4) is 5.75 Å². The molecule has 0 bridgehead atoms. The van der Waals surface area contributed by atoms with E-state index in [1.54, 1.807) is 6.07 Å². The Morgan fingerprint density at radius 1 is 1.40 bits per heavy atom. The fourth-order valence-electron chi connectivity index (χ4n) is 1.28. The van der Waals surface area contributed by atoms with Crippen LogP contribution >= 0.6 is 0 Å². The number of aryl methyl sites for hydroxylation is 1. The second-order valence-electron chi connectivity index (χ2n) is 3.45. The zero-order chi connectivity index (χ0) is 11.5. The van der Waals surface area contributed by atoms with Gasteiger partial charge in [-0.05, 0) is 37.1 Å². The predicted molar refractivity (Wildman–Crippen MR) is 58.6 cm³/mol. The fraction of sp³-hybridized carbons (Fsp3) is 0.400. The second-order valence-corrected chi connectivity index (χ2v) is 5.47. The third-order valence-corrected chi connectivity index (χ3v) is 3.25. The molecule has 0 fully saturated rings. The highest BCUT2D eigenvalue weighted by Crippen LogP contribution is 2.22. The highest BCUT2D eigenvalue weighted by atomic mass is 32.2. The molecule has 5 heteroatoms. The summed E-state index contributed by atoms with van der Waals surface area (Å²) in [5, 5.41) is 9.58. The predicted octanol–water partition coefficient (Wildman–Crippen LogP) is 0.687. The molecule has 84 valence electrons. The quantitative estimate of drug-likeness (QED) is 0.796. The van der Waals surface area contributed by atoms with Crippen molar-refractivity contribution in [2.75, 3.05) is 12.8 Å². The number of nitrogens with two attached hydrogens (primary N) is 1. The molecule has 0 saturated carbocycles. The molecular weight excluding hydrogens is 214 g/mol. The first-order valence-electron chi connectivity index (χ1n) is 4.67. The zero-order valence-electron chi connectivity index (χ0n) is 8.60. The van der Waals surface area contributed by atoms with Gasteiger partial charge in [-0.3, -0.25) is 0 Å². The van der Waals surface area contributed by atoms with Crippen LogP contribution in [0.3, 0.4) is 0 Å². The van der Waals surface area contributed by atoms with E-state index < -0.39 is 9.84 Å². The number of benzene rings is 1. The van der Waals surface area contributed by atoms with E-state index in [1.165, 1.54) is 12.1 Å². The molecule has 1 rings (SSSR count). The minimum absolute atomic E-state index is 0.0198. The van der Waals surface area contributed by atoms with Gasteiger partial charge in [-0.2, -0.15) is 0 Å². The Balaban J connectivity index is 2.99. The van der Waals surface area contributed by atoms with E-state index in [4.69, 9.17) is 5.73 Å². The smallest absolute Gasteiger partial charge is 0.175 e. The summed E-state index contributed by atoms with van der Waals surface area (Å²) in [4.78, 5) is 0.136. The maximum atomic E-state index is 11.2. The van der Waals surface area contributed by atoms with E-state index in [-0.39, 0.29) is 10.6 Å². The van der Waals surface area contributed by atoms with Gasteiger partial charge < -0.3 is 10.8 Å². The summed E-state index contributed by atoms with van der Waals surface area (Å²) < 4.78 is 22.4. The third-order valence-electron chi connectivity index (χ3n) is 2.14. The van der Waals surface area contributed by atoms with Crippen LogP contribution in [0.4, 0.5) is 0 Å². The lowest BCUT2D eigenvalue weighted by molar-refractivity contribution is 0.465. The topological polar surface area (TPSA) is 80.4 Å². The molecule has 0 spiro atoms. The average molecular weight is 229 g/mol. The minimum atomic E-state index is -3.25. The van der Waals surface area contributed by atoms with Crippen LogP contribution in [-0.4, -0.2) is 26.3 Å². The summed E-state index contributed by atoms with van der Waals surface area (Å²) in [6.07, 6.45) is 2.54. The van der Waals surface area contributed by atoms with Crippen LogP contribution in [0.5, 0.6) is 5.75 Å². The molecule has 0 aliphatic rings. The van der Waals surface area contributed by atoms with Crippen molar-refractivity contribution in [3.63, 3.8) is 0 Å². The summed E-state index contributed by atoms with van der Waals surface area (Å²) in [5.74, 6) is 0.0198. The van der Waals surface area contributed by atoms with Crippen LogP contribution in [0.2, 0.25) is 0 Å². The van der Waals surface area contributed by atoms with Crippen molar-refractivity contribution in [3.05, 3.63) is 23.8 Å². The van der Waals surface area contributed by atoms with E-state index in [0.29, 0.717) is 13.0 Å². The lowest BCUT2D eigenvalue weighted by Gasteiger charge is -2.05. The average Bonchev–Trinajstić information content (AvgIpc) is 2.14. The third kappa shape index (κ3) is 3.21. The summed E-state index contributed by atoms with van der Waals surface area (Å²) in [6.45, 7) is 0.549. The Labute approximate surface area is 89.7 Å². The number of sulfone groups is 1. The summed E-state index contributed by atoms with van der Waals surface area (Å²) in [7, 11) is -3.25. The molecule has 0 aromatic heterocycles. The van der Waals surface area contributed by atoms with Gasteiger partial charge in [-0.1, -0.05) is 6.07 Å². The Kier molecular flexibility index (Phi) is 3.71. The van der Waals surface area contributed by atoms with Crippen molar-refractivity contribution < 1.29 is 13.5 Å². The van der Waals surface area contributed by atoms with Crippen molar-refractivity contribution in [2.24, 2.45) is 5.73 Å². The Morgan fingerprint density at radius 3 is 2.53 bits per heavy atom. The van der Waals surface area contributed by atoms with Crippen LogP contribution < -0.4 is 5.73 Å². The van der Waals surface area contributed by atoms with E-state index in [2.05, 4.69) is 0 Å². The first-order valence-corrected chi connectivity index (χ1v) is 6.56. The lowest BCUT2D eigenvalue weighted by atomic mass is 10.1. The van der Waals surface area contributed by atoms with Gasteiger partial charge in [-0.25, -0.2) is 8.42 Å². The second kappa shape index (κ2) is 4.63. The molecular formula is C10H15NO3S. The molecule has 15 heavy (non-hydrogen) atoms. The van der Waals surface area contributed by atoms with Gasteiger partial charge in [0.05, 0.1) is 4.90 Å². The molecule has 1 aromatic rings. The highest BCUT2D eigenvalue weighted by Gasteiger charge is 2.09. The maximum absolute atomic E-state index is 11.2. The first-order chi connectivity index (χ1) is 6.95. The molecule has 0 unspecified atom stereocenters. The lowest BCUT2D eigenvalue weighted by Crippen LogP contribution is -2.01. The van der Waals surface area contributed by atoms with E-state index in [1.807, 2.05) is 0 Å². The molecule has 1 aromatic carbocycles. The molecule has 4 nitrogen and oxygen atoms in total. The van der Waals surface area contributed by atoms with Gasteiger partial charge in [0.15, 0.2) is 9.84 Å².